The van der Waals surface area contributed by atoms with Crippen LogP contribution >= 0.6 is 6.72 Å². The fourth-order valence-corrected chi connectivity index (χ4v) is 4.62. The molecule has 0 saturated carbocycles. The van der Waals surface area contributed by atoms with Gasteiger partial charge in [-0.25, -0.2) is 12.7 Å². The summed E-state index contributed by atoms with van der Waals surface area (Å²) in [4.78, 5) is 0.0311. The molecule has 120 valence electrons. The number of hydrogen-bond donors (Lipinski definition) is 0. The van der Waals surface area contributed by atoms with E-state index >= 15 is 0 Å². The van der Waals surface area contributed by atoms with Crippen LogP contribution in [0.3, 0.4) is 0 Å². The van der Waals surface area contributed by atoms with E-state index in [1.807, 2.05) is 0 Å². The van der Waals surface area contributed by atoms with Crippen molar-refractivity contribution in [3.8, 4) is 5.75 Å². The van der Waals surface area contributed by atoms with Gasteiger partial charge in [-0.1, -0.05) is 12.1 Å². The third-order valence-electron chi connectivity index (χ3n) is 2.39. The second kappa shape index (κ2) is 7.67. The average molecular weight is 353 g/mol. The highest BCUT2D eigenvalue weighted by Gasteiger charge is 2.27. The molecule has 0 aromatic heterocycles. The minimum absolute atomic E-state index is 0.0311. The standard InChI is InChI=1S/C12H20NO5PS2/c1-5-16-19(20,17-6-2)18-11-9-7-8-10-12(11)21(14,15)13(3)4/h7-10H,5-6H2,1-4H3. The fourth-order valence-electron chi connectivity index (χ4n) is 1.46. The SMILES string of the molecule is CCOP(=S)(OCC)Oc1ccccc1S(=O)(=O)N(C)C. The van der Waals surface area contributed by atoms with Gasteiger partial charge in [0.05, 0.1) is 13.2 Å². The van der Waals surface area contributed by atoms with Gasteiger partial charge in [-0.3, -0.25) is 9.05 Å². The van der Waals surface area contributed by atoms with Crippen molar-refractivity contribution in [3.05, 3.63) is 24.3 Å². The molecule has 1 rings (SSSR count). The molecule has 0 unspecified atom stereocenters. The predicted molar refractivity (Wildman–Crippen MR) is 85.5 cm³/mol. The van der Waals surface area contributed by atoms with Gasteiger partial charge in [0.15, 0.2) is 0 Å². The lowest BCUT2D eigenvalue weighted by Gasteiger charge is -2.23. The van der Waals surface area contributed by atoms with Crippen LogP contribution in [0.2, 0.25) is 0 Å². The summed E-state index contributed by atoms with van der Waals surface area (Å²) in [6.07, 6.45) is 0. The van der Waals surface area contributed by atoms with Crippen molar-refractivity contribution < 1.29 is 22.0 Å². The Kier molecular flexibility index (Phi) is 6.77. The van der Waals surface area contributed by atoms with Crippen LogP contribution in [-0.4, -0.2) is 40.0 Å². The summed E-state index contributed by atoms with van der Waals surface area (Å²) >= 11 is 5.27. The van der Waals surface area contributed by atoms with E-state index < -0.39 is 16.7 Å². The van der Waals surface area contributed by atoms with E-state index in [4.69, 9.17) is 25.4 Å². The van der Waals surface area contributed by atoms with Crippen molar-refractivity contribution in [3.63, 3.8) is 0 Å². The number of para-hydroxylation sites is 1. The average Bonchev–Trinajstić information content (AvgIpc) is 2.39. The topological polar surface area (TPSA) is 65.1 Å². The molecule has 0 radical (unpaired) electrons. The zero-order valence-electron chi connectivity index (χ0n) is 12.5. The molecule has 21 heavy (non-hydrogen) atoms. The lowest BCUT2D eigenvalue weighted by atomic mass is 10.3. The summed E-state index contributed by atoms with van der Waals surface area (Å²) in [6.45, 7) is 1.16. The number of rotatable bonds is 8. The molecule has 0 aliphatic carbocycles. The zero-order chi connectivity index (χ0) is 16.1. The third kappa shape index (κ3) is 4.74. The first-order valence-corrected chi connectivity index (χ1v) is 10.4. The van der Waals surface area contributed by atoms with Gasteiger partial charge in [-0.15, -0.1) is 0 Å². The first-order chi connectivity index (χ1) is 9.77. The highest BCUT2D eigenvalue weighted by atomic mass is 32.5. The second-order valence-corrected chi connectivity index (χ2v) is 9.16. The van der Waals surface area contributed by atoms with Gasteiger partial charge in [-0.2, -0.15) is 0 Å². The van der Waals surface area contributed by atoms with Crippen LogP contribution < -0.4 is 4.52 Å². The van der Waals surface area contributed by atoms with Crippen LogP contribution in [0.1, 0.15) is 13.8 Å². The molecule has 0 aliphatic heterocycles. The maximum Gasteiger partial charge on any atom is 0.380 e. The van der Waals surface area contributed by atoms with Crippen LogP contribution in [0.15, 0.2) is 29.2 Å². The van der Waals surface area contributed by atoms with Crippen molar-refractivity contribution in [1.29, 1.82) is 0 Å². The highest BCUT2D eigenvalue weighted by Crippen LogP contribution is 2.50. The Morgan fingerprint density at radius 1 is 1.14 bits per heavy atom. The molecule has 0 bridgehead atoms. The molecule has 0 heterocycles. The van der Waals surface area contributed by atoms with Crippen LogP contribution in [0.4, 0.5) is 0 Å². The van der Waals surface area contributed by atoms with Crippen molar-refractivity contribution in [2.24, 2.45) is 0 Å². The molecular formula is C12H20NO5PS2. The van der Waals surface area contributed by atoms with Crippen molar-refractivity contribution >= 4 is 28.5 Å². The van der Waals surface area contributed by atoms with E-state index in [0.29, 0.717) is 13.2 Å². The van der Waals surface area contributed by atoms with Gasteiger partial charge < -0.3 is 4.52 Å². The van der Waals surface area contributed by atoms with Crippen LogP contribution in [0.25, 0.3) is 0 Å². The zero-order valence-corrected chi connectivity index (χ0v) is 15.0. The number of hydrogen-bond acceptors (Lipinski definition) is 6. The summed E-state index contributed by atoms with van der Waals surface area (Å²) in [6, 6.07) is 6.29. The van der Waals surface area contributed by atoms with Gasteiger partial charge >= 0.3 is 6.72 Å². The Morgan fingerprint density at radius 2 is 1.67 bits per heavy atom. The Balaban J connectivity index is 3.24. The third-order valence-corrected chi connectivity index (χ3v) is 6.67. The summed E-state index contributed by atoms with van der Waals surface area (Å²) in [7, 11) is -0.738. The number of nitrogens with zero attached hydrogens (tertiary/aromatic N) is 1. The van der Waals surface area contributed by atoms with Crippen molar-refractivity contribution in [1.82, 2.24) is 4.31 Å². The van der Waals surface area contributed by atoms with E-state index in [0.717, 1.165) is 4.31 Å². The normalized spacial score (nSPS) is 12.6. The summed E-state index contributed by atoms with van der Waals surface area (Å²) < 4.78 is 42.1. The molecule has 0 N–H and O–H groups in total. The lowest BCUT2D eigenvalue weighted by molar-refractivity contribution is 0.216. The molecule has 1 aromatic rings. The minimum atomic E-state index is -3.64. The quantitative estimate of drug-likeness (QED) is 0.670. The maximum absolute atomic E-state index is 12.3. The van der Waals surface area contributed by atoms with E-state index in [9.17, 15) is 8.42 Å². The molecule has 1 aromatic carbocycles. The Labute approximate surface area is 131 Å². The number of benzene rings is 1. The van der Waals surface area contributed by atoms with E-state index in [1.165, 1.54) is 26.2 Å². The molecule has 0 atom stereocenters. The molecule has 6 nitrogen and oxygen atoms in total. The smallest absolute Gasteiger partial charge is 0.380 e. The molecular weight excluding hydrogens is 333 g/mol. The van der Waals surface area contributed by atoms with Gasteiger partial charge in [-0.05, 0) is 26.0 Å². The monoisotopic (exact) mass is 353 g/mol. The molecule has 0 saturated heterocycles. The molecule has 0 amide bonds. The summed E-state index contributed by atoms with van der Waals surface area (Å²) in [5, 5.41) is 0. The first-order valence-electron chi connectivity index (χ1n) is 6.37. The Hall–Kier alpha value is -0.500. The Bertz CT molecular complexity index is 608. The highest BCUT2D eigenvalue weighted by molar-refractivity contribution is 8.07. The van der Waals surface area contributed by atoms with Crippen LogP contribution in [0.5, 0.6) is 5.75 Å². The van der Waals surface area contributed by atoms with Crippen molar-refractivity contribution in [2.75, 3.05) is 27.3 Å². The Morgan fingerprint density at radius 3 is 2.14 bits per heavy atom. The summed E-state index contributed by atoms with van der Waals surface area (Å²) in [5.74, 6) is 0.136. The molecule has 0 fully saturated rings. The van der Waals surface area contributed by atoms with Crippen LogP contribution in [-0.2, 0) is 30.9 Å². The largest absolute Gasteiger partial charge is 0.423 e. The molecule has 9 heteroatoms. The van der Waals surface area contributed by atoms with Gasteiger partial charge in [0.2, 0.25) is 10.0 Å². The van der Waals surface area contributed by atoms with E-state index in [2.05, 4.69) is 0 Å². The molecule has 0 aliphatic rings. The second-order valence-electron chi connectivity index (χ2n) is 4.11. The van der Waals surface area contributed by atoms with Gasteiger partial charge in [0.25, 0.3) is 0 Å². The molecule has 0 spiro atoms. The first kappa shape index (κ1) is 18.5. The maximum atomic E-state index is 12.3. The van der Waals surface area contributed by atoms with Gasteiger partial charge in [0, 0.05) is 25.9 Å². The van der Waals surface area contributed by atoms with Crippen molar-refractivity contribution in [2.45, 2.75) is 18.7 Å². The van der Waals surface area contributed by atoms with Gasteiger partial charge in [0.1, 0.15) is 10.6 Å². The summed E-state index contributed by atoms with van der Waals surface area (Å²) in [5.41, 5.74) is 0. The predicted octanol–water partition coefficient (Wildman–Crippen LogP) is 2.61. The fraction of sp³-hybridized carbons (Fsp3) is 0.500. The number of sulfonamides is 1. The van der Waals surface area contributed by atoms with E-state index in [-0.39, 0.29) is 10.6 Å². The van der Waals surface area contributed by atoms with E-state index in [1.54, 1.807) is 26.0 Å². The lowest BCUT2D eigenvalue weighted by Crippen LogP contribution is -2.22. The van der Waals surface area contributed by atoms with Crippen LogP contribution in [0, 0.1) is 0 Å². The minimum Gasteiger partial charge on any atom is -0.423 e.